The van der Waals surface area contributed by atoms with Gasteiger partial charge in [-0.05, 0) is 53.6 Å². The van der Waals surface area contributed by atoms with Gasteiger partial charge in [-0.3, -0.25) is 0 Å². The molecular weight excluding hydrogens is 485 g/mol. The van der Waals surface area contributed by atoms with E-state index in [0.29, 0.717) is 5.75 Å². The Balaban J connectivity index is 1.18. The standard InChI is InChI=1S/C31H32FNO5/c1-36-19-38-22-13-14-28(29(32)15-22)31(35)16-20-7-6-8-21(17-31)33(20)30(34)37-18-27-25-11-4-2-9-23(25)24-10-3-5-12-26(24)27/h2-5,9-15,20-21,27,35H,6-8,16-19H2,1H3. The molecular formula is C31H32FNO5. The van der Waals surface area contributed by atoms with Crippen LogP contribution < -0.4 is 4.74 Å². The molecule has 2 saturated heterocycles. The van der Waals surface area contributed by atoms with Crippen LogP contribution in [0.3, 0.4) is 0 Å². The number of benzene rings is 3. The minimum absolute atomic E-state index is 0.0131. The molecule has 0 saturated carbocycles. The summed E-state index contributed by atoms with van der Waals surface area (Å²) in [6.07, 6.45) is 2.64. The van der Waals surface area contributed by atoms with Gasteiger partial charge in [-0.15, -0.1) is 0 Å². The SMILES string of the molecule is COCOc1ccc(C2(O)CC3CCCC(C2)N3C(=O)OCC2c3ccccc3-c3ccccc32)c(F)c1. The number of carbonyl (C=O) groups is 1. The molecule has 2 aliphatic heterocycles. The average molecular weight is 518 g/mol. The van der Waals surface area contributed by atoms with E-state index in [-0.39, 0.29) is 55.9 Å². The molecule has 6 rings (SSSR count). The number of aliphatic hydroxyl groups is 1. The molecule has 198 valence electrons. The molecule has 1 N–H and O–H groups in total. The Kier molecular flexibility index (Phi) is 6.58. The highest BCUT2D eigenvalue weighted by Gasteiger charge is 2.49. The number of halogens is 1. The molecule has 3 aromatic rings. The van der Waals surface area contributed by atoms with Gasteiger partial charge in [0.05, 0.1) is 5.60 Å². The molecule has 2 heterocycles. The van der Waals surface area contributed by atoms with E-state index in [2.05, 4.69) is 24.3 Å². The first-order chi connectivity index (χ1) is 18.5. The Labute approximate surface area is 221 Å². The number of amides is 1. The summed E-state index contributed by atoms with van der Waals surface area (Å²) in [5.74, 6) is -0.192. The molecule has 2 bridgehead atoms. The second-order valence-corrected chi connectivity index (χ2v) is 10.6. The summed E-state index contributed by atoms with van der Waals surface area (Å²) in [6.45, 7) is 0.271. The molecule has 2 unspecified atom stereocenters. The Hall–Kier alpha value is -3.42. The zero-order chi connectivity index (χ0) is 26.3. The Morgan fingerprint density at radius 1 is 1.00 bits per heavy atom. The van der Waals surface area contributed by atoms with Crippen molar-refractivity contribution in [3.8, 4) is 16.9 Å². The molecule has 2 atom stereocenters. The number of nitrogens with zero attached hydrogens (tertiary/aromatic N) is 1. The van der Waals surface area contributed by atoms with Gasteiger partial charge in [0, 0.05) is 49.6 Å². The van der Waals surface area contributed by atoms with Crippen molar-refractivity contribution in [1.82, 2.24) is 4.90 Å². The lowest BCUT2D eigenvalue weighted by Gasteiger charge is -2.51. The van der Waals surface area contributed by atoms with Crippen molar-refractivity contribution < 1.29 is 28.5 Å². The van der Waals surface area contributed by atoms with Gasteiger partial charge in [0.2, 0.25) is 0 Å². The lowest BCUT2D eigenvalue weighted by molar-refractivity contribution is -0.0906. The first-order valence-electron chi connectivity index (χ1n) is 13.3. The fourth-order valence-electron chi connectivity index (χ4n) is 6.71. The predicted octanol–water partition coefficient (Wildman–Crippen LogP) is 5.96. The summed E-state index contributed by atoms with van der Waals surface area (Å²) in [4.78, 5) is 15.3. The van der Waals surface area contributed by atoms with Crippen LogP contribution in [0.25, 0.3) is 11.1 Å². The van der Waals surface area contributed by atoms with Crippen molar-refractivity contribution in [2.45, 2.75) is 55.7 Å². The van der Waals surface area contributed by atoms with Gasteiger partial charge in [-0.1, -0.05) is 48.5 Å². The number of rotatable bonds is 6. The third-order valence-electron chi connectivity index (χ3n) is 8.34. The van der Waals surface area contributed by atoms with E-state index in [1.165, 1.54) is 35.4 Å². The molecule has 0 aromatic heterocycles. The van der Waals surface area contributed by atoms with Gasteiger partial charge in [0.15, 0.2) is 6.79 Å². The third-order valence-corrected chi connectivity index (χ3v) is 8.34. The van der Waals surface area contributed by atoms with Gasteiger partial charge < -0.3 is 24.2 Å². The van der Waals surface area contributed by atoms with Crippen molar-refractivity contribution in [2.75, 3.05) is 20.5 Å². The van der Waals surface area contributed by atoms with E-state index < -0.39 is 11.4 Å². The minimum Gasteiger partial charge on any atom is -0.467 e. The Morgan fingerprint density at radius 3 is 2.24 bits per heavy atom. The van der Waals surface area contributed by atoms with E-state index >= 15 is 4.39 Å². The summed E-state index contributed by atoms with van der Waals surface area (Å²) >= 11 is 0. The zero-order valence-corrected chi connectivity index (χ0v) is 21.4. The maximum atomic E-state index is 15.1. The number of piperidine rings is 2. The number of hydrogen-bond acceptors (Lipinski definition) is 5. The van der Waals surface area contributed by atoms with E-state index in [1.807, 2.05) is 24.3 Å². The molecule has 38 heavy (non-hydrogen) atoms. The fourth-order valence-corrected chi connectivity index (χ4v) is 6.71. The molecule has 3 aliphatic rings. The normalized spacial score (nSPS) is 24.0. The lowest BCUT2D eigenvalue weighted by Crippen LogP contribution is -2.59. The van der Waals surface area contributed by atoms with Crippen molar-refractivity contribution in [2.24, 2.45) is 0 Å². The fraction of sp³-hybridized carbons (Fsp3) is 0.387. The molecule has 1 aliphatic carbocycles. The lowest BCUT2D eigenvalue weighted by atomic mass is 9.72. The monoisotopic (exact) mass is 517 g/mol. The molecule has 1 amide bonds. The molecule has 0 spiro atoms. The number of fused-ring (bicyclic) bond motifs is 5. The van der Waals surface area contributed by atoms with Crippen molar-refractivity contribution >= 4 is 6.09 Å². The number of ether oxygens (including phenoxy) is 3. The highest BCUT2D eigenvalue weighted by Crippen LogP contribution is 2.47. The summed E-state index contributed by atoms with van der Waals surface area (Å²) in [5, 5.41) is 11.6. The van der Waals surface area contributed by atoms with Crippen LogP contribution in [0.2, 0.25) is 0 Å². The number of methoxy groups -OCH3 is 1. The van der Waals surface area contributed by atoms with Crippen LogP contribution in [-0.4, -0.2) is 48.7 Å². The van der Waals surface area contributed by atoms with Crippen LogP contribution in [0.5, 0.6) is 5.75 Å². The quantitative estimate of drug-likeness (QED) is 0.409. The second kappa shape index (κ2) is 10.0. The maximum Gasteiger partial charge on any atom is 0.410 e. The summed E-state index contributed by atoms with van der Waals surface area (Å²) < 4.78 is 31.3. The van der Waals surface area contributed by atoms with Gasteiger partial charge in [-0.25, -0.2) is 9.18 Å². The third kappa shape index (κ3) is 4.33. The Morgan fingerprint density at radius 2 is 1.63 bits per heavy atom. The molecule has 0 radical (unpaired) electrons. The minimum atomic E-state index is -1.36. The molecule has 6 nitrogen and oxygen atoms in total. The largest absolute Gasteiger partial charge is 0.467 e. The van der Waals surface area contributed by atoms with Gasteiger partial charge in [0.1, 0.15) is 18.2 Å². The first-order valence-corrected chi connectivity index (χ1v) is 13.3. The van der Waals surface area contributed by atoms with Gasteiger partial charge >= 0.3 is 6.09 Å². The summed E-state index contributed by atoms with van der Waals surface area (Å²) in [7, 11) is 1.50. The molecule has 2 fully saturated rings. The van der Waals surface area contributed by atoms with Crippen LogP contribution >= 0.6 is 0 Å². The van der Waals surface area contributed by atoms with E-state index in [9.17, 15) is 9.90 Å². The van der Waals surface area contributed by atoms with Crippen LogP contribution in [-0.2, 0) is 15.1 Å². The number of carbonyl (C=O) groups excluding carboxylic acids is 1. The topological polar surface area (TPSA) is 68.2 Å². The average Bonchev–Trinajstić information content (AvgIpc) is 3.23. The van der Waals surface area contributed by atoms with Crippen LogP contribution in [0.1, 0.15) is 54.7 Å². The smallest absolute Gasteiger partial charge is 0.410 e. The number of hydrogen-bond donors (Lipinski definition) is 1. The van der Waals surface area contributed by atoms with E-state index in [1.54, 1.807) is 17.0 Å². The van der Waals surface area contributed by atoms with Gasteiger partial charge in [0.25, 0.3) is 0 Å². The van der Waals surface area contributed by atoms with E-state index in [0.717, 1.165) is 19.3 Å². The summed E-state index contributed by atoms with van der Waals surface area (Å²) in [5.41, 5.74) is 3.59. The van der Waals surface area contributed by atoms with Crippen molar-refractivity contribution in [3.05, 3.63) is 89.2 Å². The van der Waals surface area contributed by atoms with E-state index in [4.69, 9.17) is 14.2 Å². The molecule has 3 aromatic carbocycles. The van der Waals surface area contributed by atoms with Gasteiger partial charge in [-0.2, -0.15) is 0 Å². The van der Waals surface area contributed by atoms with Crippen LogP contribution in [0, 0.1) is 5.82 Å². The Bertz CT molecular complexity index is 1280. The van der Waals surface area contributed by atoms with Crippen molar-refractivity contribution in [3.63, 3.8) is 0 Å². The molecule has 7 heteroatoms. The van der Waals surface area contributed by atoms with Crippen molar-refractivity contribution in [1.29, 1.82) is 0 Å². The highest BCUT2D eigenvalue weighted by atomic mass is 19.1. The summed E-state index contributed by atoms with van der Waals surface area (Å²) in [6, 6.07) is 20.6. The van der Waals surface area contributed by atoms with Crippen LogP contribution in [0.15, 0.2) is 66.7 Å². The predicted molar refractivity (Wildman–Crippen MR) is 140 cm³/mol. The maximum absolute atomic E-state index is 15.1. The second-order valence-electron chi connectivity index (χ2n) is 10.6. The first kappa shape index (κ1) is 24.9. The van der Waals surface area contributed by atoms with Crippen LogP contribution in [0.4, 0.5) is 9.18 Å². The highest BCUT2D eigenvalue weighted by molar-refractivity contribution is 5.79. The zero-order valence-electron chi connectivity index (χ0n) is 21.4.